The maximum absolute atomic E-state index is 12.2. The van der Waals surface area contributed by atoms with Gasteiger partial charge in [-0.3, -0.25) is 4.79 Å². The van der Waals surface area contributed by atoms with E-state index in [0.717, 1.165) is 10.6 Å². The molecule has 0 fully saturated rings. The number of nitrogens with one attached hydrogen (secondary N) is 1. The Morgan fingerprint density at radius 1 is 1.40 bits per heavy atom. The molecule has 0 atom stereocenters. The first-order chi connectivity index (χ1) is 9.45. The van der Waals surface area contributed by atoms with Crippen molar-refractivity contribution in [1.82, 2.24) is 10.3 Å². The average Bonchev–Trinajstić information content (AvgIpc) is 2.81. The maximum atomic E-state index is 12.2. The summed E-state index contributed by atoms with van der Waals surface area (Å²) in [5, 5.41) is 3.26. The molecule has 0 unspecified atom stereocenters. The van der Waals surface area contributed by atoms with E-state index in [2.05, 4.69) is 10.3 Å². The molecule has 0 aliphatic rings. The quantitative estimate of drug-likeness (QED) is 0.862. The monoisotopic (exact) mass is 308 g/mol. The molecule has 0 aliphatic heterocycles. The van der Waals surface area contributed by atoms with Gasteiger partial charge < -0.3 is 5.32 Å². The number of hydrogen-bond acceptors (Lipinski definition) is 3. The van der Waals surface area contributed by atoms with Crippen LogP contribution in [0.2, 0.25) is 5.15 Å². The maximum Gasteiger partial charge on any atom is 0.251 e. The van der Waals surface area contributed by atoms with E-state index in [1.54, 1.807) is 23.5 Å². The molecule has 1 N–H and O–H groups in total. The lowest BCUT2D eigenvalue weighted by molar-refractivity contribution is 0.0951. The smallest absolute Gasteiger partial charge is 0.251 e. The van der Waals surface area contributed by atoms with Gasteiger partial charge in [0.15, 0.2) is 0 Å². The van der Waals surface area contributed by atoms with Gasteiger partial charge in [-0.1, -0.05) is 25.4 Å². The molecule has 2 aromatic rings. The third-order valence-electron chi connectivity index (χ3n) is 2.89. The van der Waals surface area contributed by atoms with Crippen LogP contribution in [-0.2, 0) is 6.54 Å². The summed E-state index contributed by atoms with van der Waals surface area (Å²) in [7, 11) is 0. The van der Waals surface area contributed by atoms with Crippen LogP contribution < -0.4 is 5.32 Å². The Morgan fingerprint density at radius 2 is 2.15 bits per heavy atom. The summed E-state index contributed by atoms with van der Waals surface area (Å²) in [6.07, 6.45) is 0. The van der Waals surface area contributed by atoms with Crippen molar-refractivity contribution in [3.8, 4) is 0 Å². The van der Waals surface area contributed by atoms with Gasteiger partial charge in [0.1, 0.15) is 5.15 Å². The standard InChI is InChI=1S/C15H17ClN2OS/c1-9(2)13-6-11(7-14(16)18-13)15(19)17-8-12-5-4-10(3)20-12/h4-7,9H,8H2,1-3H3,(H,17,19). The molecule has 0 bridgehead atoms. The second-order valence-corrected chi connectivity index (χ2v) is 6.71. The molecule has 106 valence electrons. The lowest BCUT2D eigenvalue weighted by atomic mass is 10.1. The summed E-state index contributed by atoms with van der Waals surface area (Å²) in [5.74, 6) is 0.113. The van der Waals surface area contributed by atoms with Gasteiger partial charge in [-0.2, -0.15) is 0 Å². The minimum atomic E-state index is -0.123. The minimum absolute atomic E-state index is 0.123. The number of hydrogen-bond donors (Lipinski definition) is 1. The molecule has 0 saturated carbocycles. The largest absolute Gasteiger partial charge is 0.347 e. The SMILES string of the molecule is Cc1ccc(CNC(=O)c2cc(Cl)nc(C(C)C)c2)s1. The molecule has 0 radical (unpaired) electrons. The van der Waals surface area contributed by atoms with Crippen LogP contribution >= 0.6 is 22.9 Å². The van der Waals surface area contributed by atoms with E-state index < -0.39 is 0 Å². The van der Waals surface area contributed by atoms with Gasteiger partial charge in [-0.05, 0) is 37.1 Å². The molecule has 5 heteroatoms. The topological polar surface area (TPSA) is 42.0 Å². The fourth-order valence-electron chi connectivity index (χ4n) is 1.79. The van der Waals surface area contributed by atoms with Crippen LogP contribution in [0.3, 0.4) is 0 Å². The number of amides is 1. The van der Waals surface area contributed by atoms with Crippen molar-refractivity contribution < 1.29 is 4.79 Å². The van der Waals surface area contributed by atoms with Crippen LogP contribution in [0, 0.1) is 6.92 Å². The first kappa shape index (κ1) is 15.0. The van der Waals surface area contributed by atoms with Crippen molar-refractivity contribution in [1.29, 1.82) is 0 Å². The second-order valence-electron chi connectivity index (χ2n) is 4.95. The van der Waals surface area contributed by atoms with Crippen molar-refractivity contribution in [3.05, 3.63) is 50.4 Å². The number of pyridine rings is 1. The molecular weight excluding hydrogens is 292 g/mol. The highest BCUT2D eigenvalue weighted by molar-refractivity contribution is 7.11. The Kier molecular flexibility index (Phi) is 4.78. The molecule has 2 rings (SSSR count). The number of aromatic nitrogens is 1. The van der Waals surface area contributed by atoms with Gasteiger partial charge in [0, 0.05) is 21.0 Å². The predicted octanol–water partition coefficient (Wildman–Crippen LogP) is 4.16. The van der Waals surface area contributed by atoms with E-state index >= 15 is 0 Å². The normalized spacial score (nSPS) is 10.8. The summed E-state index contributed by atoms with van der Waals surface area (Å²) in [4.78, 5) is 18.8. The first-order valence-electron chi connectivity index (χ1n) is 6.46. The number of halogens is 1. The van der Waals surface area contributed by atoms with Gasteiger partial charge in [0.25, 0.3) is 5.91 Å². The number of thiophene rings is 1. The lowest BCUT2D eigenvalue weighted by Crippen LogP contribution is -2.22. The van der Waals surface area contributed by atoms with Crippen LogP contribution in [0.15, 0.2) is 24.3 Å². The molecule has 20 heavy (non-hydrogen) atoms. The highest BCUT2D eigenvalue weighted by Crippen LogP contribution is 2.18. The molecule has 2 heterocycles. The molecule has 0 saturated heterocycles. The van der Waals surface area contributed by atoms with Crippen molar-refractivity contribution in [3.63, 3.8) is 0 Å². The van der Waals surface area contributed by atoms with Gasteiger partial charge in [0.2, 0.25) is 0 Å². The third kappa shape index (κ3) is 3.81. The van der Waals surface area contributed by atoms with Gasteiger partial charge in [-0.15, -0.1) is 11.3 Å². The van der Waals surface area contributed by atoms with Gasteiger partial charge in [0.05, 0.1) is 6.54 Å². The molecule has 0 spiro atoms. The van der Waals surface area contributed by atoms with Crippen molar-refractivity contribution in [2.24, 2.45) is 0 Å². The van der Waals surface area contributed by atoms with Crippen molar-refractivity contribution in [2.75, 3.05) is 0 Å². The molecular formula is C15H17ClN2OS. The van der Waals surface area contributed by atoms with Gasteiger partial charge >= 0.3 is 0 Å². The third-order valence-corrected chi connectivity index (χ3v) is 4.08. The van der Waals surface area contributed by atoms with Crippen molar-refractivity contribution in [2.45, 2.75) is 33.2 Å². The van der Waals surface area contributed by atoms with Crippen LogP contribution in [0.25, 0.3) is 0 Å². The number of aryl methyl sites for hydroxylation is 1. The zero-order valence-electron chi connectivity index (χ0n) is 11.7. The van der Waals surface area contributed by atoms with Gasteiger partial charge in [-0.25, -0.2) is 4.98 Å². The summed E-state index contributed by atoms with van der Waals surface area (Å²) in [6.45, 7) is 6.63. The average molecular weight is 309 g/mol. The van der Waals surface area contributed by atoms with Crippen LogP contribution in [0.4, 0.5) is 0 Å². The molecule has 2 aromatic heterocycles. The van der Waals surface area contributed by atoms with E-state index in [-0.39, 0.29) is 11.8 Å². The van der Waals surface area contributed by atoms with E-state index in [4.69, 9.17) is 11.6 Å². The zero-order valence-corrected chi connectivity index (χ0v) is 13.3. The Morgan fingerprint density at radius 3 is 2.75 bits per heavy atom. The lowest BCUT2D eigenvalue weighted by Gasteiger charge is -2.09. The summed E-state index contributed by atoms with van der Waals surface area (Å²) >= 11 is 7.65. The Hall–Kier alpha value is -1.39. The Balaban J connectivity index is 2.09. The summed E-state index contributed by atoms with van der Waals surface area (Å²) < 4.78 is 0. The minimum Gasteiger partial charge on any atom is -0.347 e. The van der Waals surface area contributed by atoms with E-state index in [0.29, 0.717) is 17.3 Å². The van der Waals surface area contributed by atoms with Crippen LogP contribution in [0.5, 0.6) is 0 Å². The fourth-order valence-corrected chi connectivity index (χ4v) is 2.84. The number of carbonyl (C=O) groups is 1. The summed E-state index contributed by atoms with van der Waals surface area (Å²) in [6, 6.07) is 7.47. The predicted molar refractivity (Wildman–Crippen MR) is 83.6 cm³/mol. The molecule has 3 nitrogen and oxygen atoms in total. The molecule has 0 aliphatic carbocycles. The molecule has 1 amide bonds. The highest BCUT2D eigenvalue weighted by Gasteiger charge is 2.11. The zero-order chi connectivity index (χ0) is 14.7. The second kappa shape index (κ2) is 6.37. The van der Waals surface area contributed by atoms with Crippen LogP contribution in [0.1, 0.15) is 45.6 Å². The summed E-state index contributed by atoms with van der Waals surface area (Å²) in [5.41, 5.74) is 1.39. The number of rotatable bonds is 4. The number of nitrogens with zero attached hydrogens (tertiary/aromatic N) is 1. The Bertz CT molecular complexity index is 622. The van der Waals surface area contributed by atoms with E-state index in [1.807, 2.05) is 32.9 Å². The van der Waals surface area contributed by atoms with Crippen LogP contribution in [-0.4, -0.2) is 10.9 Å². The fraction of sp³-hybridized carbons (Fsp3) is 0.333. The highest BCUT2D eigenvalue weighted by atomic mass is 35.5. The van der Waals surface area contributed by atoms with E-state index in [9.17, 15) is 4.79 Å². The molecule has 0 aromatic carbocycles. The van der Waals surface area contributed by atoms with Crippen molar-refractivity contribution >= 4 is 28.8 Å². The Labute approximate surface area is 128 Å². The first-order valence-corrected chi connectivity index (χ1v) is 7.66. The number of carbonyl (C=O) groups excluding carboxylic acids is 1. The van der Waals surface area contributed by atoms with E-state index in [1.165, 1.54) is 4.88 Å².